The monoisotopic (exact) mass is 488 g/mol. The third-order valence-corrected chi connectivity index (χ3v) is 8.19. The number of rotatable bonds is 12. The number of hydrogen-bond donors (Lipinski definition) is 0. The summed E-state index contributed by atoms with van der Waals surface area (Å²) < 4.78 is 5.29. The highest BCUT2D eigenvalue weighted by Crippen LogP contribution is 2.32. The average molecular weight is 489 g/mol. The lowest BCUT2D eigenvalue weighted by Gasteiger charge is -2.25. The number of aromatic nitrogens is 2. The summed E-state index contributed by atoms with van der Waals surface area (Å²) in [5.74, 6) is 2.92. The third kappa shape index (κ3) is 8.28. The molecule has 1 aromatic heterocycles. The Labute approximate surface area is 218 Å². The predicted octanol–water partition coefficient (Wildman–Crippen LogP) is 7.73. The van der Waals surface area contributed by atoms with Gasteiger partial charge in [0.2, 0.25) is 0 Å². The molecule has 0 N–H and O–H groups in total. The third-order valence-electron chi connectivity index (χ3n) is 8.19. The summed E-state index contributed by atoms with van der Waals surface area (Å²) in [7, 11) is 1.70. The minimum atomic E-state index is 0.453. The minimum Gasteiger partial charge on any atom is -0.497 e. The molecule has 0 aliphatic heterocycles. The Morgan fingerprint density at radius 3 is 2.64 bits per heavy atom. The van der Waals surface area contributed by atoms with Gasteiger partial charge in [-0.2, -0.15) is 0 Å². The van der Waals surface area contributed by atoms with Gasteiger partial charge in [-0.1, -0.05) is 69.2 Å². The van der Waals surface area contributed by atoms with E-state index < -0.39 is 0 Å². The maximum absolute atomic E-state index is 12.4. The van der Waals surface area contributed by atoms with E-state index in [1.54, 1.807) is 13.4 Å². The number of allylic oxidation sites excluding steroid dienone is 1. The Kier molecular flexibility index (Phi) is 10.6. The molecule has 2 aromatic rings. The van der Waals surface area contributed by atoms with Gasteiger partial charge in [-0.3, -0.25) is 4.79 Å². The van der Waals surface area contributed by atoms with Crippen molar-refractivity contribution in [2.45, 2.75) is 103 Å². The lowest BCUT2D eigenvalue weighted by atomic mass is 9.81. The Bertz CT molecular complexity index is 989. The van der Waals surface area contributed by atoms with Gasteiger partial charge in [-0.25, -0.2) is 9.97 Å². The van der Waals surface area contributed by atoms with Crippen LogP contribution in [0.2, 0.25) is 0 Å². The topological polar surface area (TPSA) is 52.1 Å². The number of aryl methyl sites for hydroxylation is 2. The first kappa shape index (κ1) is 26.6. The molecule has 1 heterocycles. The molecular formula is C32H44N2O2. The van der Waals surface area contributed by atoms with Gasteiger partial charge in [-0.15, -0.1) is 0 Å². The number of Topliss-reactive ketones (excluding diaryl/α,β-unsaturated/α-hetero) is 1. The fraction of sp³-hybridized carbons (Fsp3) is 0.594. The Morgan fingerprint density at radius 2 is 1.81 bits per heavy atom. The van der Waals surface area contributed by atoms with Gasteiger partial charge in [-0.05, 0) is 74.5 Å². The van der Waals surface area contributed by atoms with E-state index >= 15 is 0 Å². The van der Waals surface area contributed by atoms with Gasteiger partial charge in [0.05, 0.1) is 18.5 Å². The van der Waals surface area contributed by atoms with Crippen molar-refractivity contribution in [1.82, 2.24) is 9.97 Å². The SMILES string of the molecule is COc1cccc(CCCCC(=O)CCCC2CCCC(Cc3ncnc4c3C=CCC4)CCC2)c1. The van der Waals surface area contributed by atoms with Crippen LogP contribution in [0.3, 0.4) is 0 Å². The molecule has 0 spiro atoms. The molecule has 0 atom stereocenters. The summed E-state index contributed by atoms with van der Waals surface area (Å²) in [6, 6.07) is 8.25. The number of fused-ring (bicyclic) bond motifs is 1. The van der Waals surface area contributed by atoms with E-state index in [1.807, 2.05) is 12.1 Å². The van der Waals surface area contributed by atoms with Gasteiger partial charge >= 0.3 is 0 Å². The number of ketones is 1. The first-order chi connectivity index (χ1) is 17.7. The van der Waals surface area contributed by atoms with E-state index in [0.29, 0.717) is 5.78 Å². The zero-order valence-electron chi connectivity index (χ0n) is 22.2. The van der Waals surface area contributed by atoms with Crippen molar-refractivity contribution < 1.29 is 9.53 Å². The van der Waals surface area contributed by atoms with Crippen molar-refractivity contribution >= 4 is 11.9 Å². The molecule has 4 nitrogen and oxygen atoms in total. The summed E-state index contributed by atoms with van der Waals surface area (Å²) in [6.07, 6.45) is 24.3. The summed E-state index contributed by atoms with van der Waals surface area (Å²) in [4.78, 5) is 21.6. The van der Waals surface area contributed by atoms with Crippen molar-refractivity contribution in [3.63, 3.8) is 0 Å². The number of methoxy groups -OCH3 is 1. The van der Waals surface area contributed by atoms with Crippen LogP contribution in [0.1, 0.15) is 106 Å². The van der Waals surface area contributed by atoms with Gasteiger partial charge in [0.1, 0.15) is 17.9 Å². The fourth-order valence-corrected chi connectivity index (χ4v) is 6.09. The number of ether oxygens (including phenoxy) is 1. The van der Waals surface area contributed by atoms with Crippen LogP contribution in [0.15, 0.2) is 36.7 Å². The summed E-state index contributed by atoms with van der Waals surface area (Å²) in [5.41, 5.74) is 5.09. The lowest BCUT2D eigenvalue weighted by molar-refractivity contribution is -0.119. The molecule has 2 aliphatic carbocycles. The largest absolute Gasteiger partial charge is 0.497 e. The molecule has 1 aromatic carbocycles. The smallest absolute Gasteiger partial charge is 0.132 e. The van der Waals surface area contributed by atoms with Crippen molar-refractivity contribution in [1.29, 1.82) is 0 Å². The van der Waals surface area contributed by atoms with E-state index in [2.05, 4.69) is 34.3 Å². The van der Waals surface area contributed by atoms with E-state index in [0.717, 1.165) is 75.4 Å². The second kappa shape index (κ2) is 14.3. The van der Waals surface area contributed by atoms with Crippen LogP contribution in [-0.4, -0.2) is 22.9 Å². The van der Waals surface area contributed by atoms with Crippen molar-refractivity contribution in [2.24, 2.45) is 11.8 Å². The quantitative estimate of drug-likeness (QED) is 0.287. The number of carbonyl (C=O) groups is 1. The zero-order valence-corrected chi connectivity index (χ0v) is 22.2. The van der Waals surface area contributed by atoms with Crippen LogP contribution in [0.25, 0.3) is 6.08 Å². The molecule has 0 amide bonds. The second-order valence-corrected chi connectivity index (χ2v) is 10.9. The summed E-state index contributed by atoms with van der Waals surface area (Å²) in [5, 5.41) is 0. The highest BCUT2D eigenvalue weighted by atomic mass is 16.5. The zero-order chi connectivity index (χ0) is 25.0. The first-order valence-electron chi connectivity index (χ1n) is 14.3. The first-order valence-corrected chi connectivity index (χ1v) is 14.3. The lowest BCUT2D eigenvalue weighted by Crippen LogP contribution is -2.14. The Hall–Kier alpha value is -2.49. The number of benzene rings is 1. The molecule has 4 rings (SSSR count). The molecule has 2 aliphatic rings. The molecule has 0 radical (unpaired) electrons. The Balaban J connectivity index is 1.09. The molecule has 1 saturated carbocycles. The van der Waals surface area contributed by atoms with Gasteiger partial charge in [0.25, 0.3) is 0 Å². The fourth-order valence-electron chi connectivity index (χ4n) is 6.09. The van der Waals surface area contributed by atoms with Crippen LogP contribution >= 0.6 is 0 Å². The summed E-state index contributed by atoms with van der Waals surface area (Å²) in [6.45, 7) is 0. The van der Waals surface area contributed by atoms with E-state index in [1.165, 1.54) is 67.5 Å². The van der Waals surface area contributed by atoms with Gasteiger partial charge in [0.15, 0.2) is 0 Å². The van der Waals surface area contributed by atoms with Gasteiger partial charge in [0, 0.05) is 18.4 Å². The number of carbonyl (C=O) groups excluding carboxylic acids is 1. The molecule has 0 unspecified atom stereocenters. The van der Waals surface area contributed by atoms with Crippen LogP contribution < -0.4 is 4.74 Å². The van der Waals surface area contributed by atoms with Crippen molar-refractivity contribution in [3.05, 3.63) is 59.2 Å². The molecule has 0 saturated heterocycles. The second-order valence-electron chi connectivity index (χ2n) is 10.9. The highest BCUT2D eigenvalue weighted by Gasteiger charge is 2.20. The van der Waals surface area contributed by atoms with Crippen LogP contribution in [-0.2, 0) is 24.1 Å². The molecule has 0 bridgehead atoms. The minimum absolute atomic E-state index is 0.453. The number of hydrogen-bond acceptors (Lipinski definition) is 4. The van der Waals surface area contributed by atoms with Crippen LogP contribution in [0.5, 0.6) is 5.75 Å². The van der Waals surface area contributed by atoms with Crippen molar-refractivity contribution in [2.75, 3.05) is 7.11 Å². The van der Waals surface area contributed by atoms with Crippen molar-refractivity contribution in [3.8, 4) is 5.75 Å². The van der Waals surface area contributed by atoms with E-state index in [9.17, 15) is 4.79 Å². The summed E-state index contributed by atoms with van der Waals surface area (Å²) >= 11 is 0. The molecule has 194 valence electrons. The van der Waals surface area contributed by atoms with Gasteiger partial charge < -0.3 is 4.74 Å². The predicted molar refractivity (Wildman–Crippen MR) is 147 cm³/mol. The van der Waals surface area contributed by atoms with E-state index in [4.69, 9.17) is 4.74 Å². The molecular weight excluding hydrogens is 444 g/mol. The number of nitrogens with zero attached hydrogens (tertiary/aromatic N) is 2. The molecule has 1 fully saturated rings. The average Bonchev–Trinajstić information content (AvgIpc) is 2.89. The molecule has 4 heteroatoms. The van der Waals surface area contributed by atoms with Crippen LogP contribution in [0.4, 0.5) is 0 Å². The van der Waals surface area contributed by atoms with Crippen LogP contribution in [0, 0.1) is 11.8 Å². The maximum Gasteiger partial charge on any atom is 0.132 e. The normalized spacial score (nSPS) is 19.8. The Morgan fingerprint density at radius 1 is 1.00 bits per heavy atom. The molecule has 36 heavy (non-hydrogen) atoms. The van der Waals surface area contributed by atoms with E-state index in [-0.39, 0.29) is 0 Å². The number of unbranched alkanes of at least 4 members (excludes halogenated alkanes) is 1. The standard InChI is InChI=1S/C32H44N2O2/c1-36-29-19-9-16-26(22-29)10-2-3-17-28(35)18-8-13-25-11-6-14-27(15-7-12-25)23-32-30-20-4-5-21-31(30)33-24-34-32/h4,9,16,19-20,22,24-25,27H,2-3,5-8,10-15,17-18,21,23H2,1H3. The highest BCUT2D eigenvalue weighted by molar-refractivity contribution is 5.78. The maximum atomic E-state index is 12.4.